The van der Waals surface area contributed by atoms with Gasteiger partial charge in [0, 0.05) is 12.1 Å². The Morgan fingerprint density at radius 1 is 1.22 bits per heavy atom. The van der Waals surface area contributed by atoms with Crippen LogP contribution in [0.15, 0.2) is 30.3 Å². The Labute approximate surface area is 109 Å². The average Bonchev–Trinajstić information content (AvgIpc) is 2.42. The minimum Gasteiger partial charge on any atom is -0.497 e. The molecule has 0 saturated heterocycles. The molecule has 0 N–H and O–H groups in total. The first-order chi connectivity index (χ1) is 8.72. The van der Waals surface area contributed by atoms with E-state index in [1.807, 2.05) is 6.07 Å². The molecule has 18 heavy (non-hydrogen) atoms. The topological polar surface area (TPSA) is 68.0 Å². The van der Waals surface area contributed by atoms with E-state index in [9.17, 15) is 0 Å². The van der Waals surface area contributed by atoms with E-state index in [4.69, 9.17) is 26.3 Å². The summed E-state index contributed by atoms with van der Waals surface area (Å²) in [5, 5.41) is 16.4. The lowest BCUT2D eigenvalue weighted by Gasteiger charge is -2.07. The van der Waals surface area contributed by atoms with Crippen molar-refractivity contribution in [3.63, 3.8) is 0 Å². The third kappa shape index (κ3) is 2.67. The van der Waals surface area contributed by atoms with E-state index in [2.05, 4.69) is 10.2 Å². The van der Waals surface area contributed by atoms with E-state index >= 15 is 0 Å². The van der Waals surface area contributed by atoms with Crippen molar-refractivity contribution in [2.45, 2.75) is 0 Å². The number of nitriles is 1. The van der Waals surface area contributed by atoms with Gasteiger partial charge in [-0.3, -0.25) is 0 Å². The van der Waals surface area contributed by atoms with Gasteiger partial charge < -0.3 is 9.47 Å². The van der Waals surface area contributed by atoms with E-state index < -0.39 is 0 Å². The maximum absolute atomic E-state index is 8.59. The van der Waals surface area contributed by atoms with Gasteiger partial charge in [0.25, 0.3) is 0 Å². The lowest BCUT2D eigenvalue weighted by Crippen LogP contribution is -1.93. The van der Waals surface area contributed by atoms with Crippen LogP contribution in [0.2, 0.25) is 5.02 Å². The smallest absolute Gasteiger partial charge is 0.238 e. The Kier molecular flexibility index (Phi) is 3.60. The first kappa shape index (κ1) is 12.1. The summed E-state index contributed by atoms with van der Waals surface area (Å²) in [5.74, 6) is 1.34. The Bertz CT molecular complexity index is 593. The Balaban J connectivity index is 2.20. The van der Waals surface area contributed by atoms with Crippen molar-refractivity contribution in [1.29, 1.82) is 5.26 Å². The van der Waals surface area contributed by atoms with Crippen molar-refractivity contribution in [1.82, 2.24) is 10.2 Å². The van der Waals surface area contributed by atoms with Crippen molar-refractivity contribution in [3.05, 3.63) is 41.0 Å². The molecule has 0 atom stereocenters. The van der Waals surface area contributed by atoms with Crippen LogP contribution in [0.25, 0.3) is 0 Å². The van der Waals surface area contributed by atoms with Crippen LogP contribution in [0.1, 0.15) is 5.69 Å². The van der Waals surface area contributed by atoms with Crippen molar-refractivity contribution in [3.8, 4) is 23.4 Å². The lowest BCUT2D eigenvalue weighted by atomic mass is 10.3. The molecule has 0 saturated carbocycles. The Morgan fingerprint density at radius 2 is 2.06 bits per heavy atom. The molecule has 1 aromatic heterocycles. The highest BCUT2D eigenvalue weighted by atomic mass is 35.5. The number of rotatable bonds is 3. The van der Waals surface area contributed by atoms with Crippen molar-refractivity contribution < 1.29 is 9.47 Å². The quantitative estimate of drug-likeness (QED) is 0.850. The first-order valence-corrected chi connectivity index (χ1v) is 5.36. The van der Waals surface area contributed by atoms with Gasteiger partial charge >= 0.3 is 0 Å². The summed E-state index contributed by atoms with van der Waals surface area (Å²) in [6.07, 6.45) is 0. The molecule has 0 fully saturated rings. The lowest BCUT2D eigenvalue weighted by molar-refractivity contribution is 0.412. The van der Waals surface area contributed by atoms with E-state index in [0.29, 0.717) is 16.5 Å². The molecule has 0 bridgehead atoms. The number of hydrogen-bond acceptors (Lipinski definition) is 5. The molecule has 5 nitrogen and oxygen atoms in total. The van der Waals surface area contributed by atoms with Crippen LogP contribution in [-0.4, -0.2) is 17.3 Å². The number of aromatic nitrogens is 2. The number of ether oxygens (including phenoxy) is 2. The summed E-state index contributed by atoms with van der Waals surface area (Å²) in [4.78, 5) is 0. The molecule has 0 aliphatic heterocycles. The molecular weight excluding hydrogens is 254 g/mol. The maximum Gasteiger partial charge on any atom is 0.238 e. The Morgan fingerprint density at radius 3 is 2.61 bits per heavy atom. The van der Waals surface area contributed by atoms with E-state index in [0.717, 1.165) is 0 Å². The van der Waals surface area contributed by atoms with Crippen LogP contribution in [0, 0.1) is 11.3 Å². The van der Waals surface area contributed by atoms with E-state index in [-0.39, 0.29) is 11.6 Å². The van der Waals surface area contributed by atoms with Crippen LogP contribution >= 0.6 is 11.6 Å². The molecule has 0 radical (unpaired) electrons. The molecule has 0 aliphatic carbocycles. The summed E-state index contributed by atoms with van der Waals surface area (Å²) in [6, 6.07) is 9.96. The summed E-state index contributed by atoms with van der Waals surface area (Å²) >= 11 is 6.01. The standard InChI is InChI=1S/C12H8ClN3O2/c1-17-9-3-4-11(10(13)6-9)18-12-5-2-8(7-14)15-16-12/h2-6H,1H3. The van der Waals surface area contributed by atoms with Crippen LogP contribution < -0.4 is 9.47 Å². The second kappa shape index (κ2) is 5.34. The number of methoxy groups -OCH3 is 1. The van der Waals surface area contributed by atoms with E-state index in [1.54, 1.807) is 31.4 Å². The van der Waals surface area contributed by atoms with Crippen LogP contribution in [0.5, 0.6) is 17.4 Å². The SMILES string of the molecule is COc1ccc(Oc2ccc(C#N)nn2)c(Cl)c1. The van der Waals surface area contributed by atoms with Crippen LogP contribution in [0.3, 0.4) is 0 Å². The summed E-state index contributed by atoms with van der Waals surface area (Å²) in [6.45, 7) is 0. The van der Waals surface area contributed by atoms with Gasteiger partial charge in [0.15, 0.2) is 5.69 Å². The fourth-order valence-corrected chi connectivity index (χ4v) is 1.45. The molecule has 0 unspecified atom stereocenters. The largest absolute Gasteiger partial charge is 0.497 e. The van der Waals surface area contributed by atoms with Gasteiger partial charge in [0.05, 0.1) is 12.1 Å². The number of hydrogen-bond donors (Lipinski definition) is 0. The molecule has 90 valence electrons. The summed E-state index contributed by atoms with van der Waals surface area (Å²) < 4.78 is 10.5. The zero-order valence-corrected chi connectivity index (χ0v) is 10.2. The van der Waals surface area contributed by atoms with Gasteiger partial charge in [-0.15, -0.1) is 10.2 Å². The first-order valence-electron chi connectivity index (χ1n) is 4.98. The molecule has 0 spiro atoms. The van der Waals surface area contributed by atoms with E-state index in [1.165, 1.54) is 6.07 Å². The molecule has 6 heteroatoms. The number of benzene rings is 1. The predicted molar refractivity (Wildman–Crippen MR) is 64.8 cm³/mol. The third-order valence-corrected chi connectivity index (χ3v) is 2.40. The summed E-state index contributed by atoms with van der Waals surface area (Å²) in [5.41, 5.74) is 0.225. The predicted octanol–water partition coefficient (Wildman–Crippen LogP) is 2.80. The molecule has 1 aromatic carbocycles. The zero-order valence-electron chi connectivity index (χ0n) is 9.42. The second-order valence-electron chi connectivity index (χ2n) is 3.27. The minimum atomic E-state index is 0.225. The highest BCUT2D eigenvalue weighted by Crippen LogP contribution is 2.31. The van der Waals surface area contributed by atoms with Crippen molar-refractivity contribution in [2.24, 2.45) is 0 Å². The highest BCUT2D eigenvalue weighted by Gasteiger charge is 2.06. The average molecular weight is 262 g/mol. The van der Waals surface area contributed by atoms with Crippen LogP contribution in [-0.2, 0) is 0 Å². The van der Waals surface area contributed by atoms with Gasteiger partial charge in [-0.25, -0.2) is 0 Å². The third-order valence-electron chi connectivity index (χ3n) is 2.11. The monoisotopic (exact) mass is 261 g/mol. The van der Waals surface area contributed by atoms with Gasteiger partial charge in [0.2, 0.25) is 5.88 Å². The maximum atomic E-state index is 8.59. The van der Waals surface area contributed by atoms with Crippen molar-refractivity contribution >= 4 is 11.6 Å². The number of halogens is 1. The molecule has 0 aliphatic rings. The summed E-state index contributed by atoms with van der Waals surface area (Å²) in [7, 11) is 1.55. The number of nitrogens with zero attached hydrogens (tertiary/aromatic N) is 3. The molecule has 1 heterocycles. The molecule has 2 rings (SSSR count). The minimum absolute atomic E-state index is 0.225. The van der Waals surface area contributed by atoms with Gasteiger partial charge in [0.1, 0.15) is 17.6 Å². The second-order valence-corrected chi connectivity index (χ2v) is 3.67. The fraction of sp³-hybridized carbons (Fsp3) is 0.0833. The molecule has 2 aromatic rings. The molecule has 0 amide bonds. The Hall–Kier alpha value is -2.32. The van der Waals surface area contributed by atoms with Crippen LogP contribution in [0.4, 0.5) is 0 Å². The molecular formula is C12H8ClN3O2. The van der Waals surface area contributed by atoms with Crippen molar-refractivity contribution in [2.75, 3.05) is 7.11 Å². The fourth-order valence-electron chi connectivity index (χ4n) is 1.24. The van der Waals surface area contributed by atoms with Gasteiger partial charge in [-0.2, -0.15) is 5.26 Å². The van der Waals surface area contributed by atoms with Gasteiger partial charge in [-0.05, 0) is 18.2 Å². The normalized spacial score (nSPS) is 9.61. The zero-order chi connectivity index (χ0) is 13.0. The van der Waals surface area contributed by atoms with Gasteiger partial charge in [-0.1, -0.05) is 11.6 Å². The highest BCUT2D eigenvalue weighted by molar-refractivity contribution is 6.32.